The third-order valence-electron chi connectivity index (χ3n) is 8.41. The fourth-order valence-electron chi connectivity index (χ4n) is 5.82. The van der Waals surface area contributed by atoms with Gasteiger partial charge in [-0.2, -0.15) is 0 Å². The van der Waals surface area contributed by atoms with Crippen LogP contribution in [0, 0.1) is 0 Å². The Labute approximate surface area is 287 Å². The molecule has 6 aromatic carbocycles. The Morgan fingerprint density at radius 3 is 1.51 bits per heavy atom. The first-order valence-electron chi connectivity index (χ1n) is 16.5. The predicted molar refractivity (Wildman–Crippen MR) is 189 cm³/mol. The van der Waals surface area contributed by atoms with Crippen LogP contribution in [0.1, 0.15) is 39.5 Å². The third kappa shape index (κ3) is 8.23. The molecule has 6 heteroatoms. The van der Waals surface area contributed by atoms with Gasteiger partial charge in [0.25, 0.3) is 0 Å². The zero-order chi connectivity index (χ0) is 33.3. The summed E-state index contributed by atoms with van der Waals surface area (Å²) >= 11 is 0. The number of benzene rings is 6. The average molecular weight is 653 g/mol. The highest BCUT2D eigenvalue weighted by atomic mass is 16.7. The second kappa shape index (κ2) is 15.5. The van der Waals surface area contributed by atoms with E-state index in [4.69, 9.17) is 23.7 Å². The molecule has 0 fully saturated rings. The van der Waals surface area contributed by atoms with Gasteiger partial charge in [-0.25, -0.2) is 0 Å². The Kier molecular flexibility index (Phi) is 10.0. The Morgan fingerprint density at radius 2 is 0.980 bits per heavy atom. The van der Waals surface area contributed by atoms with Crippen molar-refractivity contribution in [2.24, 2.45) is 0 Å². The lowest BCUT2D eigenvalue weighted by molar-refractivity contribution is 0.0192. The first-order chi connectivity index (χ1) is 24.2. The molecule has 0 spiro atoms. The van der Waals surface area contributed by atoms with Crippen LogP contribution in [0.25, 0.3) is 0 Å². The second-order valence-electron chi connectivity index (χ2n) is 12.0. The molecular weight excluding hydrogens is 614 g/mol. The van der Waals surface area contributed by atoms with Crippen molar-refractivity contribution in [3.05, 3.63) is 185 Å². The van der Waals surface area contributed by atoms with E-state index in [1.165, 1.54) is 0 Å². The molecule has 1 N–H and O–H groups in total. The van der Waals surface area contributed by atoms with Crippen LogP contribution in [0.3, 0.4) is 0 Å². The molecule has 246 valence electrons. The minimum absolute atomic E-state index is 0.343. The normalized spacial score (nSPS) is 15.0. The molecule has 0 saturated heterocycles. The molecule has 1 aliphatic heterocycles. The summed E-state index contributed by atoms with van der Waals surface area (Å²) in [5, 5.41) is 11.5. The summed E-state index contributed by atoms with van der Waals surface area (Å²) in [4.78, 5) is 0. The van der Waals surface area contributed by atoms with Crippen molar-refractivity contribution in [1.29, 1.82) is 0 Å². The van der Waals surface area contributed by atoms with Crippen LogP contribution < -0.4 is 23.7 Å². The number of hydrogen-bond donors (Lipinski definition) is 1. The minimum Gasteiger partial charge on any atom is -0.489 e. The lowest BCUT2D eigenvalue weighted by atomic mass is 10.1. The van der Waals surface area contributed by atoms with Gasteiger partial charge in [0.2, 0.25) is 0 Å². The van der Waals surface area contributed by atoms with Crippen molar-refractivity contribution >= 4 is 0 Å². The Hall–Kier alpha value is -5.72. The molecule has 0 unspecified atom stereocenters. The summed E-state index contributed by atoms with van der Waals surface area (Å²) in [7, 11) is 0. The number of ether oxygens (including phenoxy) is 5. The third-order valence-corrected chi connectivity index (χ3v) is 8.41. The molecule has 2 atom stereocenters. The average Bonchev–Trinajstić information content (AvgIpc) is 3.16. The zero-order valence-corrected chi connectivity index (χ0v) is 27.1. The highest BCUT2D eigenvalue weighted by Gasteiger charge is 2.33. The van der Waals surface area contributed by atoms with Crippen molar-refractivity contribution in [1.82, 2.24) is 0 Å². The maximum Gasteiger partial charge on any atom is 0.162 e. The van der Waals surface area contributed by atoms with E-state index in [-0.39, 0.29) is 0 Å². The topological polar surface area (TPSA) is 66.4 Å². The largest absolute Gasteiger partial charge is 0.489 e. The highest BCUT2D eigenvalue weighted by molar-refractivity contribution is 5.53. The predicted octanol–water partition coefficient (Wildman–Crippen LogP) is 9.04. The standard InChI is InChI=1S/C43H38O6/c44-38-26-37-40(47-29-33-17-9-3-10-18-33)24-36(45-27-31-13-5-1-6-14-31)25-41(37)49-43(38)35-21-22-39(46-28-32-15-7-2-8-16-32)42(23-35)48-30-34-19-11-4-12-20-34/h1-25,38,43-44H,26-30H2/t38-,43-/m1/s1/i43+2. The van der Waals surface area contributed by atoms with Gasteiger partial charge in [-0.05, 0) is 39.9 Å². The molecule has 0 radical (unpaired) electrons. The fourth-order valence-corrected chi connectivity index (χ4v) is 5.82. The molecule has 1 heterocycles. The fraction of sp³-hybridized carbons (Fsp3) is 0.163. The SMILES string of the molecule is O[C@@H]1Cc2c(OCc3ccccc3)cc(OCc3ccccc3)cc2O[14C@@H]1c1ccc(OCc2ccccc2)c(OCc2ccccc2)c1. The van der Waals surface area contributed by atoms with Crippen LogP contribution in [0.15, 0.2) is 152 Å². The van der Waals surface area contributed by atoms with Crippen LogP contribution in [-0.4, -0.2) is 11.2 Å². The maximum absolute atomic E-state index is 11.5. The molecule has 6 nitrogen and oxygen atoms in total. The van der Waals surface area contributed by atoms with E-state index in [2.05, 4.69) is 0 Å². The van der Waals surface area contributed by atoms with E-state index < -0.39 is 12.2 Å². The maximum atomic E-state index is 11.5. The molecule has 0 aliphatic carbocycles. The number of fused-ring (bicyclic) bond motifs is 1. The summed E-state index contributed by atoms with van der Waals surface area (Å²) < 4.78 is 31.7. The smallest absolute Gasteiger partial charge is 0.162 e. The number of hydrogen-bond acceptors (Lipinski definition) is 6. The number of aliphatic hydroxyl groups is 1. The molecular formula is C43H38O6. The van der Waals surface area contributed by atoms with Gasteiger partial charge in [0, 0.05) is 24.1 Å². The van der Waals surface area contributed by atoms with Gasteiger partial charge < -0.3 is 28.8 Å². The number of aliphatic hydroxyl groups excluding tert-OH is 1. The number of rotatable bonds is 13. The van der Waals surface area contributed by atoms with Gasteiger partial charge in [-0.15, -0.1) is 0 Å². The van der Waals surface area contributed by atoms with E-state index in [9.17, 15) is 5.11 Å². The van der Waals surface area contributed by atoms with Crippen molar-refractivity contribution in [3.8, 4) is 28.7 Å². The van der Waals surface area contributed by atoms with E-state index in [1.54, 1.807) is 0 Å². The quantitative estimate of drug-likeness (QED) is 0.134. The molecule has 7 rings (SSSR count). The van der Waals surface area contributed by atoms with Gasteiger partial charge in [0.05, 0.1) is 6.10 Å². The first kappa shape index (κ1) is 31.9. The van der Waals surface area contributed by atoms with Gasteiger partial charge in [0.15, 0.2) is 11.5 Å². The van der Waals surface area contributed by atoms with Crippen LogP contribution in [0.4, 0.5) is 0 Å². The molecule has 0 bridgehead atoms. The molecule has 1 aliphatic rings. The van der Waals surface area contributed by atoms with Crippen molar-refractivity contribution in [2.45, 2.75) is 45.1 Å². The van der Waals surface area contributed by atoms with Crippen LogP contribution in [0.2, 0.25) is 0 Å². The van der Waals surface area contributed by atoms with Crippen LogP contribution in [0.5, 0.6) is 28.7 Å². The lowest BCUT2D eigenvalue weighted by Gasteiger charge is -2.32. The molecule has 0 aromatic heterocycles. The highest BCUT2D eigenvalue weighted by Crippen LogP contribution is 2.44. The van der Waals surface area contributed by atoms with E-state index in [1.807, 2.05) is 152 Å². The summed E-state index contributed by atoms with van der Waals surface area (Å²) in [5.74, 6) is 3.05. The summed E-state index contributed by atoms with van der Waals surface area (Å²) in [6.07, 6.45) is -1.14. The van der Waals surface area contributed by atoms with Crippen molar-refractivity contribution < 1.29 is 28.8 Å². The Bertz CT molecular complexity index is 1930. The van der Waals surface area contributed by atoms with Crippen molar-refractivity contribution in [3.63, 3.8) is 0 Å². The van der Waals surface area contributed by atoms with E-state index >= 15 is 0 Å². The Balaban J connectivity index is 1.16. The molecule has 49 heavy (non-hydrogen) atoms. The van der Waals surface area contributed by atoms with Crippen LogP contribution >= 0.6 is 0 Å². The van der Waals surface area contributed by atoms with Gasteiger partial charge in [-0.3, -0.25) is 0 Å². The molecule has 6 aromatic rings. The molecule has 0 amide bonds. The minimum atomic E-state index is -0.833. The van der Waals surface area contributed by atoms with E-state index in [0.29, 0.717) is 61.6 Å². The van der Waals surface area contributed by atoms with Crippen molar-refractivity contribution in [2.75, 3.05) is 0 Å². The molecule has 0 saturated carbocycles. The van der Waals surface area contributed by atoms with E-state index in [0.717, 1.165) is 33.4 Å². The zero-order valence-electron chi connectivity index (χ0n) is 27.1. The van der Waals surface area contributed by atoms with Crippen LogP contribution in [-0.2, 0) is 32.8 Å². The Morgan fingerprint density at radius 1 is 0.510 bits per heavy atom. The summed E-state index contributed by atoms with van der Waals surface area (Å²) in [5.41, 5.74) is 5.76. The second-order valence-corrected chi connectivity index (χ2v) is 12.0. The summed E-state index contributed by atoms with van der Waals surface area (Å²) in [6, 6.07) is 49.5. The van der Waals surface area contributed by atoms with Gasteiger partial charge >= 0.3 is 0 Å². The summed E-state index contributed by atoms with van der Waals surface area (Å²) in [6.45, 7) is 1.54. The monoisotopic (exact) mass is 652 g/mol. The lowest BCUT2D eigenvalue weighted by Crippen LogP contribution is -2.30. The van der Waals surface area contributed by atoms with Gasteiger partial charge in [-0.1, -0.05) is 127 Å². The van der Waals surface area contributed by atoms with Gasteiger partial charge in [0.1, 0.15) is 49.8 Å². The first-order valence-corrected chi connectivity index (χ1v) is 16.5.